The normalized spacial score (nSPS) is 14.4. The molecule has 2 aromatic carbocycles. The van der Waals surface area contributed by atoms with E-state index in [1.54, 1.807) is 41.3 Å². The van der Waals surface area contributed by atoms with E-state index in [0.717, 1.165) is 0 Å². The van der Waals surface area contributed by atoms with Gasteiger partial charge in [0.05, 0.1) is 11.3 Å². The van der Waals surface area contributed by atoms with Gasteiger partial charge >= 0.3 is 12.6 Å². The van der Waals surface area contributed by atoms with Crippen LogP contribution in [-0.4, -0.2) is 54.5 Å². The summed E-state index contributed by atoms with van der Waals surface area (Å²) in [6.07, 6.45) is 0.649. The molecule has 0 bridgehead atoms. The van der Waals surface area contributed by atoms with E-state index < -0.39 is 12.6 Å². The number of carbonyl (C=O) groups excluding carboxylic acids is 2. The SMILES string of the molecule is NC(=O)N1CCCN(C(=O)c2ccccc2Nc2ccc(OC(F)F)cc2)CC1. The largest absolute Gasteiger partial charge is 0.435 e. The van der Waals surface area contributed by atoms with Crippen LogP contribution in [0.2, 0.25) is 0 Å². The Hall–Kier alpha value is -3.36. The fraction of sp³-hybridized carbons (Fsp3) is 0.300. The predicted molar refractivity (Wildman–Crippen MR) is 104 cm³/mol. The van der Waals surface area contributed by atoms with Crippen LogP contribution < -0.4 is 15.8 Å². The molecule has 9 heteroatoms. The van der Waals surface area contributed by atoms with Crippen molar-refractivity contribution < 1.29 is 23.1 Å². The molecule has 154 valence electrons. The molecule has 29 heavy (non-hydrogen) atoms. The van der Waals surface area contributed by atoms with Crippen LogP contribution >= 0.6 is 0 Å². The number of amides is 3. The molecule has 1 aliphatic heterocycles. The Balaban J connectivity index is 1.73. The second kappa shape index (κ2) is 9.22. The molecule has 0 radical (unpaired) electrons. The number of ether oxygens (including phenoxy) is 1. The van der Waals surface area contributed by atoms with E-state index >= 15 is 0 Å². The first kappa shape index (κ1) is 20.4. The third-order valence-corrected chi connectivity index (χ3v) is 4.61. The van der Waals surface area contributed by atoms with Crippen LogP contribution in [0.3, 0.4) is 0 Å². The molecule has 2 aromatic rings. The van der Waals surface area contributed by atoms with Crippen LogP contribution in [0.15, 0.2) is 48.5 Å². The van der Waals surface area contributed by atoms with E-state index in [1.165, 1.54) is 17.0 Å². The highest BCUT2D eigenvalue weighted by molar-refractivity contribution is 6.00. The summed E-state index contributed by atoms with van der Waals surface area (Å²) in [5.74, 6) is -0.101. The number of nitrogens with zero attached hydrogens (tertiary/aromatic N) is 2. The number of nitrogens with one attached hydrogen (secondary N) is 1. The lowest BCUT2D eigenvalue weighted by molar-refractivity contribution is -0.0498. The van der Waals surface area contributed by atoms with Gasteiger partial charge in [-0.25, -0.2) is 4.79 Å². The number of hydrogen-bond donors (Lipinski definition) is 2. The van der Waals surface area contributed by atoms with Crippen LogP contribution in [-0.2, 0) is 0 Å². The van der Waals surface area contributed by atoms with Gasteiger partial charge < -0.3 is 25.6 Å². The van der Waals surface area contributed by atoms with Gasteiger partial charge in [0, 0.05) is 31.9 Å². The summed E-state index contributed by atoms with van der Waals surface area (Å²) in [5, 5.41) is 3.14. The Bertz CT molecular complexity index is 861. The van der Waals surface area contributed by atoms with Gasteiger partial charge in [-0.15, -0.1) is 0 Å². The third kappa shape index (κ3) is 5.34. The van der Waals surface area contributed by atoms with E-state index in [9.17, 15) is 18.4 Å². The van der Waals surface area contributed by atoms with Crippen molar-refractivity contribution in [2.75, 3.05) is 31.5 Å². The highest BCUT2D eigenvalue weighted by Gasteiger charge is 2.23. The Morgan fingerprint density at radius 1 is 0.966 bits per heavy atom. The van der Waals surface area contributed by atoms with Crippen molar-refractivity contribution in [3.63, 3.8) is 0 Å². The Labute approximate surface area is 167 Å². The number of alkyl halides is 2. The van der Waals surface area contributed by atoms with Crippen LogP contribution in [0.5, 0.6) is 5.75 Å². The molecule has 3 amide bonds. The molecule has 1 saturated heterocycles. The molecule has 0 aromatic heterocycles. The smallest absolute Gasteiger partial charge is 0.387 e. The lowest BCUT2D eigenvalue weighted by Crippen LogP contribution is -2.39. The van der Waals surface area contributed by atoms with E-state index in [4.69, 9.17) is 5.73 Å². The van der Waals surface area contributed by atoms with Crippen LogP contribution in [0, 0.1) is 0 Å². The molecule has 0 saturated carbocycles. The van der Waals surface area contributed by atoms with Gasteiger partial charge in [0.25, 0.3) is 5.91 Å². The number of rotatable bonds is 5. The monoisotopic (exact) mass is 404 g/mol. The number of anilines is 2. The van der Waals surface area contributed by atoms with Gasteiger partial charge in [0.2, 0.25) is 0 Å². The minimum atomic E-state index is -2.88. The lowest BCUT2D eigenvalue weighted by atomic mass is 10.1. The van der Waals surface area contributed by atoms with Gasteiger partial charge in [-0.2, -0.15) is 8.78 Å². The molecule has 1 heterocycles. The maximum atomic E-state index is 13.1. The van der Waals surface area contributed by atoms with Crippen LogP contribution in [0.1, 0.15) is 16.8 Å². The summed E-state index contributed by atoms with van der Waals surface area (Å²) in [6, 6.07) is 12.6. The average Bonchev–Trinajstić information content (AvgIpc) is 2.95. The molecule has 0 atom stereocenters. The molecule has 0 aliphatic carbocycles. The molecule has 1 fully saturated rings. The summed E-state index contributed by atoms with van der Waals surface area (Å²) in [7, 11) is 0. The van der Waals surface area contributed by atoms with Crippen molar-refractivity contribution in [2.24, 2.45) is 5.73 Å². The van der Waals surface area contributed by atoms with Crippen LogP contribution in [0.4, 0.5) is 25.0 Å². The Morgan fingerprint density at radius 2 is 1.62 bits per heavy atom. The second-order valence-corrected chi connectivity index (χ2v) is 6.54. The first-order valence-electron chi connectivity index (χ1n) is 9.18. The first-order chi connectivity index (χ1) is 13.9. The van der Waals surface area contributed by atoms with Crippen molar-refractivity contribution in [1.82, 2.24) is 9.80 Å². The fourth-order valence-electron chi connectivity index (χ4n) is 3.17. The van der Waals surface area contributed by atoms with E-state index in [-0.39, 0.29) is 11.7 Å². The fourth-order valence-corrected chi connectivity index (χ4v) is 3.17. The Kier molecular flexibility index (Phi) is 6.48. The van der Waals surface area contributed by atoms with Gasteiger partial charge in [0.15, 0.2) is 0 Å². The summed E-state index contributed by atoms with van der Waals surface area (Å²) in [5.41, 5.74) is 7.04. The van der Waals surface area contributed by atoms with E-state index in [2.05, 4.69) is 10.1 Å². The summed E-state index contributed by atoms with van der Waals surface area (Å²) in [4.78, 5) is 27.7. The number of para-hydroxylation sites is 1. The number of carbonyl (C=O) groups is 2. The number of primary amides is 1. The number of nitrogens with two attached hydrogens (primary N) is 1. The molecule has 7 nitrogen and oxygen atoms in total. The zero-order valence-electron chi connectivity index (χ0n) is 15.7. The lowest BCUT2D eigenvalue weighted by Gasteiger charge is -2.22. The standard InChI is InChI=1S/C20H22F2N4O3/c21-19(22)29-15-8-6-14(7-9-15)24-17-5-2-1-4-16(17)18(27)25-10-3-11-26(13-12-25)20(23)28/h1-2,4-9,19,24H,3,10-13H2,(H2,23,28). The Morgan fingerprint density at radius 3 is 2.31 bits per heavy atom. The van der Waals surface area contributed by atoms with E-state index in [0.29, 0.717) is 49.5 Å². The molecular formula is C20H22F2N4O3. The molecule has 3 rings (SSSR count). The van der Waals surface area contributed by atoms with Crippen molar-refractivity contribution in [1.29, 1.82) is 0 Å². The van der Waals surface area contributed by atoms with Crippen molar-refractivity contribution in [3.8, 4) is 5.75 Å². The van der Waals surface area contributed by atoms with Crippen molar-refractivity contribution >= 4 is 23.3 Å². The quantitative estimate of drug-likeness (QED) is 0.801. The topological polar surface area (TPSA) is 87.9 Å². The summed E-state index contributed by atoms with van der Waals surface area (Å²) >= 11 is 0. The van der Waals surface area contributed by atoms with Crippen molar-refractivity contribution in [2.45, 2.75) is 13.0 Å². The number of halogens is 2. The van der Waals surface area contributed by atoms with Gasteiger partial charge in [0.1, 0.15) is 5.75 Å². The molecule has 0 spiro atoms. The molecule has 1 aliphatic rings. The average molecular weight is 404 g/mol. The van der Waals surface area contributed by atoms with Gasteiger partial charge in [-0.1, -0.05) is 12.1 Å². The zero-order chi connectivity index (χ0) is 20.8. The number of hydrogen-bond acceptors (Lipinski definition) is 4. The summed E-state index contributed by atoms with van der Waals surface area (Å²) < 4.78 is 28.9. The minimum absolute atomic E-state index is 0.0542. The van der Waals surface area contributed by atoms with E-state index in [1.807, 2.05) is 0 Å². The second-order valence-electron chi connectivity index (χ2n) is 6.54. The molecule has 0 unspecified atom stereocenters. The highest BCUT2D eigenvalue weighted by Crippen LogP contribution is 2.25. The molecular weight excluding hydrogens is 382 g/mol. The number of urea groups is 1. The summed E-state index contributed by atoms with van der Waals surface area (Å²) in [6.45, 7) is -1.05. The highest BCUT2D eigenvalue weighted by atomic mass is 19.3. The third-order valence-electron chi connectivity index (χ3n) is 4.61. The van der Waals surface area contributed by atoms with Crippen molar-refractivity contribution in [3.05, 3.63) is 54.1 Å². The maximum absolute atomic E-state index is 13.1. The number of benzene rings is 2. The maximum Gasteiger partial charge on any atom is 0.387 e. The predicted octanol–water partition coefficient (Wildman–Crippen LogP) is 3.26. The molecule has 3 N–H and O–H groups in total. The van der Waals surface area contributed by atoms with Gasteiger partial charge in [-0.3, -0.25) is 4.79 Å². The minimum Gasteiger partial charge on any atom is -0.435 e. The van der Waals surface area contributed by atoms with Crippen LogP contribution in [0.25, 0.3) is 0 Å². The van der Waals surface area contributed by atoms with Gasteiger partial charge in [-0.05, 0) is 42.8 Å². The first-order valence-corrected chi connectivity index (χ1v) is 9.18. The zero-order valence-corrected chi connectivity index (χ0v) is 15.7.